The molecule has 1 aromatic rings. The number of nitrogens with zero attached hydrogens (tertiary/aromatic N) is 1. The van der Waals surface area contributed by atoms with Crippen LogP contribution >= 0.6 is 24.0 Å². The molecule has 6 nitrogen and oxygen atoms in total. The number of ether oxygens (including phenoxy) is 1. The molecule has 1 amide bonds. The van der Waals surface area contributed by atoms with Crippen LogP contribution in [0.5, 0.6) is 0 Å². The van der Waals surface area contributed by atoms with Crippen molar-refractivity contribution in [1.82, 2.24) is 16.0 Å². The largest absolute Gasteiger partial charge is 0.444 e. The number of hydrogen-bond donors (Lipinski definition) is 3. The van der Waals surface area contributed by atoms with E-state index in [9.17, 15) is 13.6 Å². The Labute approximate surface area is 194 Å². The van der Waals surface area contributed by atoms with Crippen molar-refractivity contribution in [3.63, 3.8) is 0 Å². The first kappa shape index (κ1) is 26.4. The van der Waals surface area contributed by atoms with Crippen molar-refractivity contribution in [2.45, 2.75) is 70.6 Å². The molecule has 0 aliphatic heterocycles. The molecule has 0 unspecified atom stereocenters. The lowest BCUT2D eigenvalue weighted by Crippen LogP contribution is -2.48. The van der Waals surface area contributed by atoms with Crippen molar-refractivity contribution < 1.29 is 18.3 Å². The highest BCUT2D eigenvalue weighted by Gasteiger charge is 2.25. The third kappa shape index (κ3) is 9.44. The lowest BCUT2D eigenvalue weighted by Gasteiger charge is -2.31. The summed E-state index contributed by atoms with van der Waals surface area (Å²) in [5.41, 5.74) is -0.170. The molecule has 1 aliphatic carbocycles. The molecule has 0 saturated heterocycles. The predicted molar refractivity (Wildman–Crippen MR) is 125 cm³/mol. The summed E-state index contributed by atoms with van der Waals surface area (Å²) in [6.45, 7) is 5.97. The van der Waals surface area contributed by atoms with Crippen molar-refractivity contribution in [3.05, 3.63) is 35.4 Å². The fourth-order valence-corrected chi connectivity index (χ4v) is 3.29. The SMILES string of the molecule is CN=C(NCCc1cc(F)ccc1F)NC1CCC(NC(=O)OC(C)(C)C)CC1.I. The molecule has 1 fully saturated rings. The fourth-order valence-electron chi connectivity index (χ4n) is 3.29. The summed E-state index contributed by atoms with van der Waals surface area (Å²) in [7, 11) is 1.67. The van der Waals surface area contributed by atoms with Gasteiger partial charge in [0, 0.05) is 25.7 Å². The molecule has 0 bridgehead atoms. The molecule has 0 aromatic heterocycles. The standard InChI is InChI=1S/C21H32F2N4O2.HI/c1-21(2,3)29-20(28)27-17-8-6-16(7-9-17)26-19(24-4)25-12-11-14-13-15(22)5-10-18(14)23;/h5,10,13,16-17H,6-9,11-12H2,1-4H3,(H,27,28)(H2,24,25,26);1H. The smallest absolute Gasteiger partial charge is 0.407 e. The predicted octanol–water partition coefficient (Wildman–Crippen LogP) is 4.13. The lowest BCUT2D eigenvalue weighted by molar-refractivity contribution is 0.0490. The van der Waals surface area contributed by atoms with Crippen LogP contribution in [0.15, 0.2) is 23.2 Å². The summed E-state index contributed by atoms with van der Waals surface area (Å²) < 4.78 is 32.2. The van der Waals surface area contributed by atoms with Crippen LogP contribution in [0, 0.1) is 11.6 Å². The topological polar surface area (TPSA) is 74.8 Å². The first-order valence-corrected chi connectivity index (χ1v) is 10.1. The van der Waals surface area contributed by atoms with Gasteiger partial charge in [-0.05, 0) is 76.6 Å². The molecular weight excluding hydrogens is 505 g/mol. The number of nitrogens with one attached hydrogen (secondary N) is 3. The quantitative estimate of drug-likeness (QED) is 0.300. The molecule has 170 valence electrons. The van der Waals surface area contributed by atoms with Gasteiger partial charge in [-0.3, -0.25) is 4.99 Å². The molecule has 30 heavy (non-hydrogen) atoms. The van der Waals surface area contributed by atoms with E-state index in [-0.39, 0.29) is 42.2 Å². The maximum atomic E-state index is 13.7. The van der Waals surface area contributed by atoms with E-state index in [1.165, 1.54) is 6.07 Å². The third-order valence-electron chi connectivity index (χ3n) is 4.71. The number of aliphatic imine (C=N–C) groups is 1. The Morgan fingerprint density at radius 1 is 1.13 bits per heavy atom. The Morgan fingerprint density at radius 3 is 2.30 bits per heavy atom. The number of carbonyl (C=O) groups excluding carboxylic acids is 1. The normalized spacial score (nSPS) is 19.5. The van der Waals surface area contributed by atoms with Gasteiger partial charge < -0.3 is 20.7 Å². The Bertz CT molecular complexity index is 717. The van der Waals surface area contributed by atoms with Crippen LogP contribution in [0.4, 0.5) is 13.6 Å². The summed E-state index contributed by atoms with van der Waals surface area (Å²) in [5, 5.41) is 9.42. The Hall–Kier alpha value is -1.65. The molecule has 1 saturated carbocycles. The number of alkyl carbamates (subject to hydrolysis) is 1. The number of halogens is 3. The lowest BCUT2D eigenvalue weighted by atomic mass is 9.91. The monoisotopic (exact) mass is 538 g/mol. The molecule has 9 heteroatoms. The maximum Gasteiger partial charge on any atom is 0.407 e. The van der Waals surface area contributed by atoms with E-state index in [1.54, 1.807) is 7.05 Å². The van der Waals surface area contributed by atoms with Gasteiger partial charge in [0.1, 0.15) is 17.2 Å². The number of rotatable bonds is 5. The molecule has 3 N–H and O–H groups in total. The van der Waals surface area contributed by atoms with Crippen LogP contribution in [0.3, 0.4) is 0 Å². The van der Waals surface area contributed by atoms with E-state index in [0.717, 1.165) is 37.8 Å². The minimum absolute atomic E-state index is 0. The van der Waals surface area contributed by atoms with Crippen LogP contribution in [0.2, 0.25) is 0 Å². The Kier molecular flexibility index (Phi) is 10.8. The number of amides is 1. The summed E-state index contributed by atoms with van der Waals surface area (Å²) in [6, 6.07) is 3.81. The van der Waals surface area contributed by atoms with Gasteiger partial charge in [-0.25, -0.2) is 13.6 Å². The first-order chi connectivity index (χ1) is 13.7. The zero-order valence-corrected chi connectivity index (χ0v) is 20.4. The van der Waals surface area contributed by atoms with Crippen molar-refractivity contribution in [2.75, 3.05) is 13.6 Å². The third-order valence-corrected chi connectivity index (χ3v) is 4.71. The Balaban J connectivity index is 0.00000450. The second-order valence-electron chi connectivity index (χ2n) is 8.32. The van der Waals surface area contributed by atoms with E-state index in [4.69, 9.17) is 4.74 Å². The van der Waals surface area contributed by atoms with Crippen molar-refractivity contribution in [1.29, 1.82) is 0 Å². The van der Waals surface area contributed by atoms with Gasteiger partial charge >= 0.3 is 6.09 Å². The molecule has 1 aliphatic rings. The molecule has 0 radical (unpaired) electrons. The van der Waals surface area contributed by atoms with Gasteiger partial charge in [0.2, 0.25) is 0 Å². The molecule has 0 heterocycles. The van der Waals surface area contributed by atoms with Crippen LogP contribution in [-0.2, 0) is 11.2 Å². The van der Waals surface area contributed by atoms with E-state index >= 15 is 0 Å². The number of benzene rings is 1. The summed E-state index contributed by atoms with van der Waals surface area (Å²) in [6.07, 6.45) is 3.46. The fraction of sp³-hybridized carbons (Fsp3) is 0.619. The van der Waals surface area contributed by atoms with Crippen molar-refractivity contribution in [2.24, 2.45) is 4.99 Å². The van der Waals surface area contributed by atoms with Gasteiger partial charge in [-0.1, -0.05) is 0 Å². The van der Waals surface area contributed by atoms with Gasteiger partial charge in [0.25, 0.3) is 0 Å². The highest BCUT2D eigenvalue weighted by molar-refractivity contribution is 14.0. The average molecular weight is 538 g/mol. The molecule has 2 rings (SSSR count). The highest BCUT2D eigenvalue weighted by atomic mass is 127. The minimum Gasteiger partial charge on any atom is -0.444 e. The van der Waals surface area contributed by atoms with Crippen LogP contribution in [0.25, 0.3) is 0 Å². The van der Waals surface area contributed by atoms with E-state index in [1.807, 2.05) is 20.8 Å². The zero-order valence-electron chi connectivity index (χ0n) is 18.1. The number of hydrogen-bond acceptors (Lipinski definition) is 3. The average Bonchev–Trinajstić information content (AvgIpc) is 2.63. The Morgan fingerprint density at radius 2 is 1.73 bits per heavy atom. The van der Waals surface area contributed by atoms with E-state index in [0.29, 0.717) is 24.5 Å². The number of carbonyl (C=O) groups is 1. The maximum absolute atomic E-state index is 13.7. The molecule has 1 aromatic carbocycles. The molecule has 0 spiro atoms. The molecule has 0 atom stereocenters. The first-order valence-electron chi connectivity index (χ1n) is 10.1. The minimum atomic E-state index is -0.505. The van der Waals surface area contributed by atoms with Crippen molar-refractivity contribution >= 4 is 36.0 Å². The second kappa shape index (κ2) is 12.3. The number of guanidine groups is 1. The van der Waals surface area contributed by atoms with Gasteiger partial charge in [0.15, 0.2) is 5.96 Å². The zero-order chi connectivity index (χ0) is 21.4. The van der Waals surface area contributed by atoms with Gasteiger partial charge in [0.05, 0.1) is 0 Å². The highest BCUT2D eigenvalue weighted by Crippen LogP contribution is 2.19. The second-order valence-corrected chi connectivity index (χ2v) is 8.32. The molecular formula is C21H33F2IN4O2. The van der Waals surface area contributed by atoms with Gasteiger partial charge in [-0.2, -0.15) is 0 Å². The summed E-state index contributed by atoms with van der Waals surface area (Å²) in [4.78, 5) is 16.1. The van der Waals surface area contributed by atoms with Crippen LogP contribution < -0.4 is 16.0 Å². The van der Waals surface area contributed by atoms with E-state index in [2.05, 4.69) is 20.9 Å². The van der Waals surface area contributed by atoms with Crippen LogP contribution in [0.1, 0.15) is 52.0 Å². The summed E-state index contributed by atoms with van der Waals surface area (Å²) in [5.74, 6) is -0.224. The van der Waals surface area contributed by atoms with Crippen molar-refractivity contribution in [3.8, 4) is 0 Å². The van der Waals surface area contributed by atoms with E-state index < -0.39 is 17.2 Å². The summed E-state index contributed by atoms with van der Waals surface area (Å²) >= 11 is 0. The van der Waals surface area contributed by atoms with Gasteiger partial charge in [-0.15, -0.1) is 24.0 Å². The van der Waals surface area contributed by atoms with Crippen LogP contribution in [-0.4, -0.2) is 43.3 Å².